The van der Waals surface area contributed by atoms with Crippen LogP contribution in [0.1, 0.15) is 28.8 Å². The number of benzene rings is 2. The maximum Gasteiger partial charge on any atom is 0.487 e. The molecule has 5 N–H and O–H groups in total. The minimum atomic E-state index is -3.86. The average molecular weight is 505 g/mol. The van der Waals surface area contributed by atoms with Gasteiger partial charge in [-0.1, -0.05) is 0 Å². The van der Waals surface area contributed by atoms with Crippen molar-refractivity contribution in [3.63, 3.8) is 0 Å². The highest BCUT2D eigenvalue weighted by molar-refractivity contribution is 6.20. The van der Waals surface area contributed by atoms with E-state index in [1.165, 1.54) is 36.5 Å². The first kappa shape index (κ1) is 23.2. The summed E-state index contributed by atoms with van der Waals surface area (Å²) in [5.74, 6) is -1.07. The van der Waals surface area contributed by atoms with Gasteiger partial charge in [0.1, 0.15) is 5.75 Å². The van der Waals surface area contributed by atoms with Crippen molar-refractivity contribution in [3.8, 4) is 17.0 Å². The molecule has 2 amide bonds. The molecule has 3 atom stereocenters. The number of aromatic nitrogens is 2. The second-order valence-corrected chi connectivity index (χ2v) is 8.96. The van der Waals surface area contributed by atoms with Crippen molar-refractivity contribution in [1.82, 2.24) is 10.2 Å². The summed E-state index contributed by atoms with van der Waals surface area (Å²) < 4.78 is 29.8. The van der Waals surface area contributed by atoms with Gasteiger partial charge >= 0.3 is 5.57 Å². The summed E-state index contributed by atoms with van der Waals surface area (Å²) in [5, 5.41) is 32.7. The lowest BCUT2D eigenvalue weighted by atomic mass is 9.76. The van der Waals surface area contributed by atoms with E-state index in [9.17, 15) is 28.6 Å². The number of carbonyl (C=O) groups is 2. The number of H-pyrrole nitrogens is 1. The van der Waals surface area contributed by atoms with Gasteiger partial charge < -0.3 is 25.6 Å². The molecule has 9 nitrogen and oxygen atoms in total. The highest BCUT2D eigenvalue weighted by Gasteiger charge is 2.56. The number of fused-ring (bicyclic) bond motifs is 2. The third-order valence-electron chi connectivity index (χ3n) is 6.26. The number of anilines is 2. The standard InChI is InChI=1S/C23H19ClF2N4O5/c24-23(25,26)35-13-3-1-12(2-4-13)28-20(33)11-7-14(15-5-6-27-30-15)19-16(8-11)29-21(34)22(19)9-17(31)18(32)10-22/h1-8,17-18,31-32H,9-10H2,(H,27,30)(H,28,33)(H,29,34)/t17-,18+,22?. The second kappa shape index (κ2) is 8.29. The van der Waals surface area contributed by atoms with Crippen LogP contribution in [0.5, 0.6) is 5.75 Å². The van der Waals surface area contributed by atoms with Gasteiger partial charge in [-0.05, 0) is 55.3 Å². The molecule has 1 saturated carbocycles. The maximum absolute atomic E-state index is 13.0. The molecule has 1 aliphatic heterocycles. The fourth-order valence-corrected chi connectivity index (χ4v) is 4.85. The monoisotopic (exact) mass is 504 g/mol. The van der Waals surface area contributed by atoms with E-state index in [4.69, 9.17) is 11.6 Å². The third-order valence-corrected chi connectivity index (χ3v) is 6.34. The Hall–Kier alpha value is -3.54. The van der Waals surface area contributed by atoms with Crippen LogP contribution in [0.15, 0.2) is 48.7 Å². The van der Waals surface area contributed by atoms with Crippen LogP contribution in [-0.4, -0.2) is 50.0 Å². The van der Waals surface area contributed by atoms with Crippen LogP contribution in [0.25, 0.3) is 11.3 Å². The summed E-state index contributed by atoms with van der Waals surface area (Å²) in [7, 11) is 0. The predicted octanol–water partition coefficient (Wildman–Crippen LogP) is 3.20. The van der Waals surface area contributed by atoms with Crippen LogP contribution < -0.4 is 15.4 Å². The molecule has 1 aliphatic carbocycles. The largest absolute Gasteiger partial charge is 0.487 e. The molecule has 1 spiro atoms. The maximum atomic E-state index is 13.0. The Morgan fingerprint density at radius 1 is 1.17 bits per heavy atom. The van der Waals surface area contributed by atoms with Gasteiger partial charge in [0.2, 0.25) is 5.91 Å². The molecule has 0 radical (unpaired) electrons. The predicted molar refractivity (Wildman–Crippen MR) is 121 cm³/mol. The minimum Gasteiger partial charge on any atom is -0.420 e. The number of hydrogen-bond donors (Lipinski definition) is 5. The average Bonchev–Trinajstić information content (AvgIpc) is 3.48. The lowest BCUT2D eigenvalue weighted by molar-refractivity contribution is -0.121. The molecule has 5 rings (SSSR count). The molecular weight excluding hydrogens is 486 g/mol. The lowest BCUT2D eigenvalue weighted by Gasteiger charge is -2.23. The number of alkyl halides is 3. The Kier molecular flexibility index (Phi) is 5.50. The SMILES string of the molecule is O=C(Nc1ccc(OC(F)(F)Cl)cc1)c1cc2c(c(-c3ccn[nH]3)c1)C1(C[C@@H](O)[C@@H](O)C1)C(=O)N2. The number of aromatic amines is 1. The highest BCUT2D eigenvalue weighted by Crippen LogP contribution is 2.52. The highest BCUT2D eigenvalue weighted by atomic mass is 35.5. The third kappa shape index (κ3) is 4.22. The van der Waals surface area contributed by atoms with Crippen LogP contribution in [0.4, 0.5) is 20.2 Å². The number of halogens is 3. The smallest absolute Gasteiger partial charge is 0.420 e. The van der Waals surface area contributed by atoms with Crippen molar-refractivity contribution in [2.24, 2.45) is 0 Å². The molecule has 1 unspecified atom stereocenters. The van der Waals surface area contributed by atoms with Gasteiger partial charge in [0, 0.05) is 45.9 Å². The topological polar surface area (TPSA) is 137 Å². The number of hydrogen-bond acceptors (Lipinski definition) is 6. The normalized spacial score (nSPS) is 23.3. The minimum absolute atomic E-state index is 0.0372. The van der Waals surface area contributed by atoms with Gasteiger partial charge in [-0.15, -0.1) is 8.78 Å². The van der Waals surface area contributed by atoms with E-state index in [1.807, 2.05) is 0 Å². The molecular formula is C23H19ClF2N4O5. The van der Waals surface area contributed by atoms with E-state index in [0.717, 1.165) is 0 Å². The van der Waals surface area contributed by atoms with Crippen LogP contribution in [0.3, 0.4) is 0 Å². The van der Waals surface area contributed by atoms with E-state index in [0.29, 0.717) is 28.2 Å². The van der Waals surface area contributed by atoms with Crippen LogP contribution in [0.2, 0.25) is 0 Å². The number of aliphatic hydroxyl groups excluding tert-OH is 2. The summed E-state index contributed by atoms with van der Waals surface area (Å²) in [4.78, 5) is 26.1. The van der Waals surface area contributed by atoms with E-state index in [-0.39, 0.29) is 30.1 Å². The number of carbonyl (C=O) groups excluding carboxylic acids is 2. The first-order valence-corrected chi connectivity index (χ1v) is 11.0. The number of amides is 2. The zero-order chi connectivity index (χ0) is 25.0. The quantitative estimate of drug-likeness (QED) is 0.338. The van der Waals surface area contributed by atoms with Crippen molar-refractivity contribution in [2.45, 2.75) is 36.0 Å². The van der Waals surface area contributed by atoms with Crippen molar-refractivity contribution in [3.05, 3.63) is 59.8 Å². The van der Waals surface area contributed by atoms with Gasteiger partial charge in [-0.2, -0.15) is 5.10 Å². The van der Waals surface area contributed by atoms with Crippen LogP contribution >= 0.6 is 11.6 Å². The zero-order valence-electron chi connectivity index (χ0n) is 17.9. The molecule has 35 heavy (non-hydrogen) atoms. The Morgan fingerprint density at radius 3 is 2.46 bits per heavy atom. The summed E-state index contributed by atoms with van der Waals surface area (Å²) in [5.41, 5.74) is -2.45. The molecule has 1 aromatic heterocycles. The number of aliphatic hydroxyl groups is 2. The Bertz CT molecular complexity index is 1280. The molecule has 0 saturated heterocycles. The zero-order valence-corrected chi connectivity index (χ0v) is 18.6. The number of nitrogens with zero attached hydrogens (tertiary/aromatic N) is 1. The van der Waals surface area contributed by atoms with Crippen molar-refractivity contribution in [2.75, 3.05) is 10.6 Å². The van der Waals surface area contributed by atoms with Crippen molar-refractivity contribution < 1.29 is 33.3 Å². The van der Waals surface area contributed by atoms with E-state index >= 15 is 0 Å². The molecule has 3 aromatic rings. The molecule has 2 aromatic carbocycles. The fraction of sp³-hybridized carbons (Fsp3) is 0.261. The van der Waals surface area contributed by atoms with Gasteiger partial charge in [0.25, 0.3) is 5.91 Å². The first-order chi connectivity index (χ1) is 16.6. The summed E-state index contributed by atoms with van der Waals surface area (Å²) >= 11 is 4.76. The molecule has 2 aliphatic rings. The summed E-state index contributed by atoms with van der Waals surface area (Å²) in [6.45, 7) is 0. The first-order valence-electron chi connectivity index (χ1n) is 10.6. The summed E-state index contributed by atoms with van der Waals surface area (Å²) in [6, 6.07) is 9.98. The van der Waals surface area contributed by atoms with Gasteiger partial charge in [-0.25, -0.2) is 0 Å². The van der Waals surface area contributed by atoms with E-state index in [2.05, 4.69) is 25.6 Å². The Labute approximate surface area is 202 Å². The Morgan fingerprint density at radius 2 is 1.86 bits per heavy atom. The lowest BCUT2D eigenvalue weighted by Crippen LogP contribution is -2.32. The van der Waals surface area contributed by atoms with Crippen molar-refractivity contribution >= 4 is 34.8 Å². The van der Waals surface area contributed by atoms with Crippen LogP contribution in [0, 0.1) is 0 Å². The molecule has 0 bridgehead atoms. The number of rotatable bonds is 5. The van der Waals surface area contributed by atoms with Crippen LogP contribution in [-0.2, 0) is 10.2 Å². The molecule has 182 valence electrons. The molecule has 1 fully saturated rings. The van der Waals surface area contributed by atoms with Gasteiger partial charge in [0.15, 0.2) is 0 Å². The second-order valence-electron chi connectivity index (χ2n) is 8.52. The summed E-state index contributed by atoms with van der Waals surface area (Å²) in [6.07, 6.45) is -0.521. The van der Waals surface area contributed by atoms with E-state index in [1.54, 1.807) is 12.1 Å². The van der Waals surface area contributed by atoms with Gasteiger partial charge in [-0.3, -0.25) is 14.7 Å². The van der Waals surface area contributed by atoms with E-state index < -0.39 is 29.1 Å². The number of nitrogens with one attached hydrogen (secondary N) is 3. The fourth-order valence-electron chi connectivity index (χ4n) is 4.76. The van der Waals surface area contributed by atoms with Gasteiger partial charge in [0.05, 0.1) is 23.3 Å². The molecule has 2 heterocycles. The van der Waals surface area contributed by atoms with Crippen molar-refractivity contribution in [1.29, 1.82) is 0 Å². The molecule has 12 heteroatoms. The number of ether oxygens (including phenoxy) is 1. The Balaban J connectivity index is 1.49.